The third-order valence-electron chi connectivity index (χ3n) is 2.53. The Hall–Kier alpha value is -1.42. The summed E-state index contributed by atoms with van der Waals surface area (Å²) in [6.07, 6.45) is 3.08. The number of methoxy groups -OCH3 is 2. The van der Waals surface area contributed by atoms with E-state index in [4.69, 9.17) is 9.47 Å². The van der Waals surface area contributed by atoms with Crippen molar-refractivity contribution in [2.24, 2.45) is 0 Å². The molecule has 1 radical (unpaired) electrons. The summed E-state index contributed by atoms with van der Waals surface area (Å²) in [5.41, 5.74) is 3.29. The number of nitrogens with one attached hydrogen (secondary N) is 1. The molecule has 4 nitrogen and oxygen atoms in total. The second kappa shape index (κ2) is 6.23. The Labute approximate surface area is 96.1 Å². The van der Waals surface area contributed by atoms with Gasteiger partial charge in [0.15, 0.2) is 5.75 Å². The van der Waals surface area contributed by atoms with E-state index in [2.05, 4.69) is 6.92 Å². The van der Waals surface area contributed by atoms with Crippen LogP contribution in [0.3, 0.4) is 0 Å². The summed E-state index contributed by atoms with van der Waals surface area (Å²) in [4.78, 5) is 0. The van der Waals surface area contributed by atoms with Gasteiger partial charge in [-0.05, 0) is 24.5 Å². The lowest BCUT2D eigenvalue weighted by molar-refractivity contribution is 0.267. The maximum absolute atomic E-state index is 10.9. The molecule has 0 heterocycles. The highest BCUT2D eigenvalue weighted by atomic mass is 16.5. The standard InChI is InChI=1S/C12H18NO3/c1-4-5-6-9-7-8-10(15-2)11(13-14)12(9)16-3/h7-8,13H,4-6H2,1-3H3. The van der Waals surface area contributed by atoms with Crippen LogP contribution in [0, 0.1) is 0 Å². The molecule has 0 fully saturated rings. The normalized spacial score (nSPS) is 10.0. The van der Waals surface area contributed by atoms with Gasteiger partial charge in [-0.3, -0.25) is 0 Å². The van der Waals surface area contributed by atoms with Crippen molar-refractivity contribution in [2.45, 2.75) is 26.2 Å². The lowest BCUT2D eigenvalue weighted by Crippen LogP contribution is -2.00. The number of unbranched alkanes of at least 4 members (excludes halogenated alkanes) is 1. The molecule has 0 bridgehead atoms. The molecule has 89 valence electrons. The van der Waals surface area contributed by atoms with Crippen molar-refractivity contribution in [1.82, 2.24) is 0 Å². The quantitative estimate of drug-likeness (QED) is 0.756. The topological polar surface area (TPSA) is 50.4 Å². The van der Waals surface area contributed by atoms with Crippen LogP contribution in [-0.2, 0) is 11.6 Å². The Bertz CT molecular complexity index is 339. The molecule has 0 spiro atoms. The third-order valence-corrected chi connectivity index (χ3v) is 2.53. The molecule has 0 aliphatic rings. The molecule has 0 aliphatic carbocycles. The molecule has 1 aromatic carbocycles. The smallest absolute Gasteiger partial charge is 0.151 e. The van der Waals surface area contributed by atoms with Gasteiger partial charge >= 0.3 is 0 Å². The number of benzene rings is 1. The Morgan fingerprint density at radius 1 is 1.25 bits per heavy atom. The minimum atomic E-state index is 0.374. The predicted octanol–water partition coefficient (Wildman–Crippen LogP) is 2.80. The number of rotatable bonds is 6. The van der Waals surface area contributed by atoms with Gasteiger partial charge in [-0.1, -0.05) is 24.6 Å². The van der Waals surface area contributed by atoms with E-state index in [0.717, 1.165) is 24.8 Å². The fourth-order valence-corrected chi connectivity index (χ4v) is 1.67. The summed E-state index contributed by atoms with van der Waals surface area (Å²) in [7, 11) is 3.09. The number of hydrogen-bond acceptors (Lipinski definition) is 3. The minimum Gasteiger partial charge on any atom is -0.494 e. The monoisotopic (exact) mass is 224 g/mol. The maximum atomic E-state index is 10.9. The molecule has 0 saturated heterocycles. The van der Waals surface area contributed by atoms with Crippen molar-refractivity contribution >= 4 is 5.69 Å². The zero-order chi connectivity index (χ0) is 12.0. The summed E-state index contributed by atoms with van der Waals surface area (Å²) in [6.45, 7) is 2.13. The lowest BCUT2D eigenvalue weighted by Gasteiger charge is -2.14. The van der Waals surface area contributed by atoms with Crippen LogP contribution >= 0.6 is 0 Å². The van der Waals surface area contributed by atoms with Crippen molar-refractivity contribution in [3.63, 3.8) is 0 Å². The van der Waals surface area contributed by atoms with Gasteiger partial charge in [0.25, 0.3) is 0 Å². The van der Waals surface area contributed by atoms with Crippen LogP contribution in [0.5, 0.6) is 11.5 Å². The SMILES string of the molecule is CCCCc1ccc(OC)c(N[O])c1OC. The van der Waals surface area contributed by atoms with Gasteiger partial charge in [-0.2, -0.15) is 0 Å². The zero-order valence-electron chi connectivity index (χ0n) is 10.0. The molecule has 0 amide bonds. The lowest BCUT2D eigenvalue weighted by atomic mass is 10.1. The van der Waals surface area contributed by atoms with Crippen LogP contribution < -0.4 is 15.0 Å². The van der Waals surface area contributed by atoms with Crippen LogP contribution in [-0.4, -0.2) is 14.2 Å². The van der Waals surface area contributed by atoms with Gasteiger partial charge in [0.05, 0.1) is 14.2 Å². The van der Waals surface area contributed by atoms with E-state index < -0.39 is 0 Å². The highest BCUT2D eigenvalue weighted by Gasteiger charge is 2.14. The zero-order valence-corrected chi connectivity index (χ0v) is 10.0. The Morgan fingerprint density at radius 3 is 2.50 bits per heavy atom. The van der Waals surface area contributed by atoms with Crippen molar-refractivity contribution in [3.8, 4) is 11.5 Å². The highest BCUT2D eigenvalue weighted by molar-refractivity contribution is 5.67. The molecule has 0 unspecified atom stereocenters. The number of ether oxygens (including phenoxy) is 2. The first kappa shape index (κ1) is 12.6. The Morgan fingerprint density at radius 2 is 2.00 bits per heavy atom. The molecule has 0 saturated carbocycles. The number of hydrogen-bond donors (Lipinski definition) is 1. The van der Waals surface area contributed by atoms with Crippen LogP contribution in [0.2, 0.25) is 0 Å². The van der Waals surface area contributed by atoms with Crippen molar-refractivity contribution in [3.05, 3.63) is 17.7 Å². The number of aryl methyl sites for hydroxylation is 1. The first-order chi connectivity index (χ1) is 7.78. The third kappa shape index (κ3) is 2.58. The van der Waals surface area contributed by atoms with Gasteiger partial charge in [-0.15, -0.1) is 0 Å². The van der Waals surface area contributed by atoms with Crippen LogP contribution in [0.25, 0.3) is 0 Å². The molecule has 0 aromatic heterocycles. The van der Waals surface area contributed by atoms with Gasteiger partial charge in [0.2, 0.25) is 0 Å². The van der Waals surface area contributed by atoms with Crippen molar-refractivity contribution < 1.29 is 14.7 Å². The van der Waals surface area contributed by atoms with Crippen molar-refractivity contribution in [2.75, 3.05) is 19.7 Å². The van der Waals surface area contributed by atoms with E-state index in [-0.39, 0.29) is 0 Å². The summed E-state index contributed by atoms with van der Waals surface area (Å²) >= 11 is 0. The predicted molar refractivity (Wildman–Crippen MR) is 62.5 cm³/mol. The Kier molecular flexibility index (Phi) is 4.92. The van der Waals surface area contributed by atoms with Crippen molar-refractivity contribution in [1.29, 1.82) is 0 Å². The summed E-state index contributed by atoms with van der Waals surface area (Å²) in [5, 5.41) is 10.9. The second-order valence-electron chi connectivity index (χ2n) is 3.54. The Balaban J connectivity index is 3.10. The van der Waals surface area contributed by atoms with Gasteiger partial charge in [0.1, 0.15) is 11.4 Å². The fraction of sp³-hybridized carbons (Fsp3) is 0.500. The highest BCUT2D eigenvalue weighted by Crippen LogP contribution is 2.37. The van der Waals surface area contributed by atoms with E-state index in [1.54, 1.807) is 13.2 Å². The van der Waals surface area contributed by atoms with E-state index in [1.165, 1.54) is 7.11 Å². The molecular weight excluding hydrogens is 206 g/mol. The molecule has 16 heavy (non-hydrogen) atoms. The summed E-state index contributed by atoms with van der Waals surface area (Å²) in [6, 6.07) is 3.72. The molecule has 1 aromatic rings. The van der Waals surface area contributed by atoms with Crippen LogP contribution in [0.1, 0.15) is 25.3 Å². The minimum absolute atomic E-state index is 0.374. The molecule has 1 N–H and O–H groups in total. The molecule has 4 heteroatoms. The fourth-order valence-electron chi connectivity index (χ4n) is 1.67. The number of anilines is 1. The summed E-state index contributed by atoms with van der Waals surface area (Å²) < 4.78 is 10.4. The van der Waals surface area contributed by atoms with Gasteiger partial charge in [-0.25, -0.2) is 5.48 Å². The summed E-state index contributed by atoms with van der Waals surface area (Å²) in [5.74, 6) is 1.09. The molecule has 0 atom stereocenters. The van der Waals surface area contributed by atoms with E-state index in [9.17, 15) is 5.21 Å². The van der Waals surface area contributed by atoms with E-state index >= 15 is 0 Å². The molecule has 1 rings (SSSR count). The van der Waals surface area contributed by atoms with E-state index in [1.807, 2.05) is 11.5 Å². The molecular formula is C12H18NO3. The second-order valence-corrected chi connectivity index (χ2v) is 3.54. The van der Waals surface area contributed by atoms with Gasteiger partial charge < -0.3 is 9.47 Å². The molecule has 0 aliphatic heterocycles. The average Bonchev–Trinajstić information content (AvgIpc) is 2.34. The maximum Gasteiger partial charge on any atom is 0.151 e. The first-order valence-electron chi connectivity index (χ1n) is 5.40. The average molecular weight is 224 g/mol. The van der Waals surface area contributed by atoms with Crippen LogP contribution in [0.4, 0.5) is 5.69 Å². The van der Waals surface area contributed by atoms with Crippen LogP contribution in [0.15, 0.2) is 12.1 Å². The largest absolute Gasteiger partial charge is 0.494 e. The van der Waals surface area contributed by atoms with Gasteiger partial charge in [0, 0.05) is 0 Å². The first-order valence-corrected chi connectivity index (χ1v) is 5.40. The van der Waals surface area contributed by atoms with E-state index in [0.29, 0.717) is 17.2 Å².